The second kappa shape index (κ2) is 4.32. The van der Waals surface area contributed by atoms with Crippen LogP contribution in [0.4, 0.5) is 0 Å². The first kappa shape index (κ1) is 10.6. The first-order valence-electron chi connectivity index (χ1n) is 4.83. The molecule has 0 bridgehead atoms. The molecule has 16 heavy (non-hydrogen) atoms. The molecule has 0 aliphatic carbocycles. The van der Waals surface area contributed by atoms with Gasteiger partial charge in [-0.15, -0.1) is 0 Å². The third kappa shape index (κ3) is 2.04. The number of aliphatic imine (C=N–C) groups is 1. The Kier molecular flexibility index (Phi) is 2.87. The van der Waals surface area contributed by atoms with Crippen LogP contribution in [0.1, 0.15) is 17.2 Å². The molecule has 2 N–H and O–H groups in total. The molecule has 1 unspecified atom stereocenters. The predicted octanol–water partition coefficient (Wildman–Crippen LogP) is 0.746. The molecule has 0 saturated carbocycles. The lowest BCUT2D eigenvalue weighted by Crippen LogP contribution is -2.14. The summed E-state index contributed by atoms with van der Waals surface area (Å²) < 4.78 is 10.1. The molecule has 0 spiro atoms. The van der Waals surface area contributed by atoms with Crippen LogP contribution in [0.15, 0.2) is 29.3 Å². The van der Waals surface area contributed by atoms with Gasteiger partial charge in [0.05, 0.1) is 6.61 Å². The monoisotopic (exact) mass is 220 g/mol. The quantitative estimate of drug-likeness (QED) is 0.815. The van der Waals surface area contributed by atoms with Crippen LogP contribution in [-0.4, -0.2) is 19.0 Å². The summed E-state index contributed by atoms with van der Waals surface area (Å²) in [4.78, 5) is 15.0. The fourth-order valence-corrected chi connectivity index (χ4v) is 1.59. The average Bonchev–Trinajstić information content (AvgIpc) is 2.59. The van der Waals surface area contributed by atoms with Crippen LogP contribution in [0.25, 0.3) is 0 Å². The van der Waals surface area contributed by atoms with Crippen LogP contribution in [0.2, 0.25) is 0 Å². The van der Waals surface area contributed by atoms with Gasteiger partial charge < -0.3 is 15.2 Å². The molecule has 1 aliphatic rings. The molecular weight excluding hydrogens is 208 g/mol. The van der Waals surface area contributed by atoms with Crippen molar-refractivity contribution in [2.75, 3.05) is 7.11 Å². The second-order valence-corrected chi connectivity index (χ2v) is 3.46. The number of hydrogen-bond donors (Lipinski definition) is 1. The normalized spacial score (nSPS) is 19.4. The second-order valence-electron chi connectivity index (χ2n) is 3.46. The third-order valence-electron chi connectivity index (χ3n) is 2.25. The predicted molar refractivity (Wildman–Crippen MR) is 57.6 cm³/mol. The third-order valence-corrected chi connectivity index (χ3v) is 2.25. The van der Waals surface area contributed by atoms with Gasteiger partial charge in [-0.1, -0.05) is 18.2 Å². The highest BCUT2D eigenvalue weighted by Crippen LogP contribution is 2.24. The molecule has 0 radical (unpaired) electrons. The van der Waals surface area contributed by atoms with E-state index in [1.807, 2.05) is 18.2 Å². The average molecular weight is 220 g/mol. The molecule has 1 aromatic carbocycles. The van der Waals surface area contributed by atoms with Crippen LogP contribution in [0, 0.1) is 0 Å². The zero-order valence-electron chi connectivity index (χ0n) is 8.84. The van der Waals surface area contributed by atoms with Crippen LogP contribution in [-0.2, 0) is 20.9 Å². The van der Waals surface area contributed by atoms with Crippen molar-refractivity contribution in [3.8, 4) is 0 Å². The number of nitrogens with zero attached hydrogens (tertiary/aromatic N) is 1. The van der Waals surface area contributed by atoms with Crippen molar-refractivity contribution in [2.45, 2.75) is 12.7 Å². The molecule has 1 aliphatic heterocycles. The smallest absolute Gasteiger partial charge is 0.296 e. The topological polar surface area (TPSA) is 73.9 Å². The van der Waals surface area contributed by atoms with Crippen LogP contribution >= 0.6 is 0 Å². The van der Waals surface area contributed by atoms with Gasteiger partial charge in [-0.3, -0.25) is 4.79 Å². The van der Waals surface area contributed by atoms with E-state index < -0.39 is 6.10 Å². The Morgan fingerprint density at radius 1 is 1.56 bits per heavy atom. The van der Waals surface area contributed by atoms with Gasteiger partial charge in [0.2, 0.25) is 6.10 Å². The molecule has 1 amide bonds. The molecule has 1 heterocycles. The Labute approximate surface area is 92.9 Å². The number of rotatable bonds is 3. The Morgan fingerprint density at radius 2 is 2.38 bits per heavy atom. The van der Waals surface area contributed by atoms with E-state index in [1.165, 1.54) is 0 Å². The summed E-state index contributed by atoms with van der Waals surface area (Å²) >= 11 is 0. The maximum atomic E-state index is 11.4. The van der Waals surface area contributed by atoms with Gasteiger partial charge in [0.15, 0.2) is 0 Å². The molecular formula is C11H12N2O3. The van der Waals surface area contributed by atoms with E-state index in [9.17, 15) is 4.79 Å². The van der Waals surface area contributed by atoms with E-state index in [0.29, 0.717) is 6.61 Å². The lowest BCUT2D eigenvalue weighted by molar-refractivity contribution is -0.122. The Balaban J connectivity index is 2.21. The van der Waals surface area contributed by atoms with Crippen molar-refractivity contribution < 1.29 is 14.3 Å². The van der Waals surface area contributed by atoms with Gasteiger partial charge in [0, 0.05) is 12.7 Å². The van der Waals surface area contributed by atoms with Gasteiger partial charge in [0.1, 0.15) is 0 Å². The Morgan fingerprint density at radius 3 is 3.00 bits per heavy atom. The van der Waals surface area contributed by atoms with Crippen molar-refractivity contribution in [3.63, 3.8) is 0 Å². The van der Waals surface area contributed by atoms with E-state index >= 15 is 0 Å². The first-order chi connectivity index (χ1) is 7.70. The number of amidine groups is 1. The lowest BCUT2D eigenvalue weighted by Gasteiger charge is -2.09. The van der Waals surface area contributed by atoms with Crippen molar-refractivity contribution >= 4 is 11.9 Å². The summed E-state index contributed by atoms with van der Waals surface area (Å²) in [5.74, 6) is -0.368. The van der Waals surface area contributed by atoms with Crippen LogP contribution < -0.4 is 5.73 Å². The number of nitrogens with two attached hydrogens (primary N) is 1. The van der Waals surface area contributed by atoms with Crippen molar-refractivity contribution in [3.05, 3.63) is 35.4 Å². The zero-order valence-corrected chi connectivity index (χ0v) is 8.84. The number of ether oxygens (including phenoxy) is 2. The molecule has 5 nitrogen and oxygen atoms in total. The maximum absolute atomic E-state index is 11.4. The van der Waals surface area contributed by atoms with E-state index in [-0.39, 0.29) is 11.9 Å². The molecule has 1 aromatic rings. The summed E-state index contributed by atoms with van der Waals surface area (Å²) in [7, 11) is 1.62. The molecule has 0 aromatic heterocycles. The SMILES string of the molecule is COCc1cccc(C2OC(N)=NC2=O)c1. The van der Waals surface area contributed by atoms with E-state index in [2.05, 4.69) is 4.99 Å². The van der Waals surface area contributed by atoms with Crippen LogP contribution in [0.5, 0.6) is 0 Å². The first-order valence-corrected chi connectivity index (χ1v) is 4.83. The van der Waals surface area contributed by atoms with Crippen molar-refractivity contribution in [1.82, 2.24) is 0 Å². The van der Waals surface area contributed by atoms with E-state index in [0.717, 1.165) is 11.1 Å². The zero-order chi connectivity index (χ0) is 11.5. The fraction of sp³-hybridized carbons (Fsp3) is 0.273. The highest BCUT2D eigenvalue weighted by molar-refractivity contribution is 5.98. The number of amides is 1. The highest BCUT2D eigenvalue weighted by Gasteiger charge is 2.29. The summed E-state index contributed by atoms with van der Waals surface area (Å²) in [5, 5.41) is 0. The molecule has 2 rings (SSSR count). The summed E-state index contributed by atoms with van der Waals surface area (Å²) in [6.45, 7) is 0.491. The fourth-order valence-electron chi connectivity index (χ4n) is 1.59. The van der Waals surface area contributed by atoms with Crippen molar-refractivity contribution in [1.29, 1.82) is 0 Å². The van der Waals surface area contributed by atoms with E-state index in [4.69, 9.17) is 15.2 Å². The maximum Gasteiger partial charge on any atom is 0.296 e. The number of carbonyl (C=O) groups is 1. The van der Waals surface area contributed by atoms with Crippen molar-refractivity contribution in [2.24, 2.45) is 10.7 Å². The molecule has 5 heteroatoms. The highest BCUT2D eigenvalue weighted by atomic mass is 16.5. The molecule has 84 valence electrons. The van der Waals surface area contributed by atoms with E-state index in [1.54, 1.807) is 13.2 Å². The Hall–Kier alpha value is -1.88. The summed E-state index contributed by atoms with van der Waals surface area (Å²) in [6, 6.07) is 7.33. The van der Waals surface area contributed by atoms with Crippen LogP contribution in [0.3, 0.4) is 0 Å². The van der Waals surface area contributed by atoms with Gasteiger partial charge in [-0.25, -0.2) is 0 Å². The number of carbonyl (C=O) groups excluding carboxylic acids is 1. The van der Waals surface area contributed by atoms with Gasteiger partial charge in [-0.2, -0.15) is 4.99 Å². The minimum Gasteiger partial charge on any atom is -0.447 e. The number of benzene rings is 1. The van der Waals surface area contributed by atoms with Gasteiger partial charge >= 0.3 is 0 Å². The van der Waals surface area contributed by atoms with Gasteiger partial charge in [-0.05, 0) is 11.6 Å². The lowest BCUT2D eigenvalue weighted by atomic mass is 10.1. The standard InChI is InChI=1S/C11H12N2O3/c1-15-6-7-3-2-4-8(5-7)9-10(14)13-11(12)16-9/h2-5,9H,6H2,1H3,(H2,12,13,14). The summed E-state index contributed by atoms with van der Waals surface area (Å²) in [6.07, 6.45) is -0.711. The number of hydrogen-bond acceptors (Lipinski definition) is 4. The largest absolute Gasteiger partial charge is 0.447 e. The number of methoxy groups -OCH3 is 1. The minimum absolute atomic E-state index is 0.0767. The van der Waals surface area contributed by atoms with Gasteiger partial charge in [0.25, 0.3) is 11.9 Å². The minimum atomic E-state index is -0.711. The Bertz CT molecular complexity index is 443. The molecule has 1 atom stereocenters. The molecule has 0 fully saturated rings. The summed E-state index contributed by atoms with van der Waals surface area (Å²) in [5.41, 5.74) is 7.05. The molecule has 0 saturated heterocycles.